The summed E-state index contributed by atoms with van der Waals surface area (Å²) in [6.07, 6.45) is -0.868. The molecule has 4 heterocycles. The van der Waals surface area contributed by atoms with E-state index in [0.29, 0.717) is 53.7 Å². The lowest BCUT2D eigenvalue weighted by Crippen LogP contribution is -2.31. The largest absolute Gasteiger partial charge is 0.492 e. The van der Waals surface area contributed by atoms with Gasteiger partial charge in [-0.15, -0.1) is 0 Å². The third kappa shape index (κ3) is 6.89. The Labute approximate surface area is 296 Å². The molecule has 0 unspecified atom stereocenters. The Balaban J connectivity index is 1.51. The number of likely N-dealkylation sites (N-methyl/N-ethyl adjacent to an activating group) is 1. The van der Waals surface area contributed by atoms with Crippen LogP contribution < -0.4 is 9.64 Å². The maximum absolute atomic E-state index is 16.2. The van der Waals surface area contributed by atoms with Crippen LogP contribution in [0.3, 0.4) is 0 Å². The number of hydrogen-bond donors (Lipinski definition) is 0. The Hall–Kier alpha value is -5.51. The number of methoxy groups -OCH3 is 1. The fraction of sp³-hybridized carbons (Fsp3) is 0.361. The highest BCUT2D eigenvalue weighted by molar-refractivity contribution is 6.03. The van der Waals surface area contributed by atoms with E-state index >= 15 is 4.39 Å². The molecule has 3 aromatic heterocycles. The van der Waals surface area contributed by atoms with E-state index in [1.807, 2.05) is 32.0 Å². The lowest BCUT2D eigenvalue weighted by molar-refractivity contribution is -0.152. The van der Waals surface area contributed by atoms with Crippen molar-refractivity contribution < 1.29 is 41.4 Å². The number of carbonyl (C=O) groups is 2. The van der Waals surface area contributed by atoms with Crippen molar-refractivity contribution >= 4 is 28.9 Å². The van der Waals surface area contributed by atoms with Crippen molar-refractivity contribution in [3.05, 3.63) is 82.7 Å². The van der Waals surface area contributed by atoms with Crippen LogP contribution in [0.15, 0.2) is 48.9 Å². The van der Waals surface area contributed by atoms with Crippen molar-refractivity contribution in [2.24, 2.45) is 0 Å². The first-order valence-electron chi connectivity index (χ1n) is 16.6. The van der Waals surface area contributed by atoms with E-state index in [2.05, 4.69) is 9.97 Å². The second-order valence-corrected chi connectivity index (χ2v) is 12.4. The molecule has 274 valence electrons. The fourth-order valence-electron chi connectivity index (χ4n) is 6.43. The van der Waals surface area contributed by atoms with Crippen LogP contribution in [0.25, 0.3) is 27.8 Å². The zero-order valence-corrected chi connectivity index (χ0v) is 29.3. The Morgan fingerprint density at radius 1 is 1.02 bits per heavy atom. The molecular weight excluding hydrogens is 686 g/mol. The summed E-state index contributed by atoms with van der Waals surface area (Å²) < 4.78 is 74.6. The van der Waals surface area contributed by atoms with E-state index in [0.717, 1.165) is 33.8 Å². The highest BCUT2D eigenvalue weighted by atomic mass is 19.4. The predicted octanol–water partition coefficient (Wildman–Crippen LogP) is 6.19. The molecule has 2 aromatic carbocycles. The fourth-order valence-corrected chi connectivity index (χ4v) is 6.43. The average molecular weight is 724 g/mol. The monoisotopic (exact) mass is 723 g/mol. The number of aryl methyl sites for hydroxylation is 2. The lowest BCUT2D eigenvalue weighted by atomic mass is 9.97. The molecule has 1 aliphatic heterocycles. The molecule has 0 N–H and O–H groups in total. The minimum absolute atomic E-state index is 0.0201. The summed E-state index contributed by atoms with van der Waals surface area (Å²) in [6.45, 7) is 3.90. The van der Waals surface area contributed by atoms with Crippen molar-refractivity contribution in [1.82, 2.24) is 29.2 Å². The number of hydrogen-bond acceptors (Lipinski definition) is 10. The maximum atomic E-state index is 16.2. The van der Waals surface area contributed by atoms with Crippen LogP contribution in [0, 0.1) is 5.82 Å². The van der Waals surface area contributed by atoms with Gasteiger partial charge in [-0.25, -0.2) is 28.4 Å². The predicted molar refractivity (Wildman–Crippen MR) is 183 cm³/mol. The molecule has 0 spiro atoms. The van der Waals surface area contributed by atoms with E-state index < -0.39 is 36.4 Å². The van der Waals surface area contributed by atoms with Gasteiger partial charge in [0.25, 0.3) is 0 Å². The molecule has 12 nitrogen and oxygen atoms in total. The maximum Gasteiger partial charge on any atom is 0.421 e. The van der Waals surface area contributed by atoms with Gasteiger partial charge in [0.2, 0.25) is 12.7 Å². The second kappa shape index (κ2) is 14.6. The van der Waals surface area contributed by atoms with Crippen molar-refractivity contribution in [3.63, 3.8) is 0 Å². The van der Waals surface area contributed by atoms with Gasteiger partial charge in [0, 0.05) is 54.6 Å². The molecule has 0 radical (unpaired) electrons. The van der Waals surface area contributed by atoms with Gasteiger partial charge in [-0.1, -0.05) is 32.0 Å². The van der Waals surface area contributed by atoms with Crippen LogP contribution in [0.1, 0.15) is 41.8 Å². The summed E-state index contributed by atoms with van der Waals surface area (Å²) in [4.78, 5) is 36.7. The van der Waals surface area contributed by atoms with Crippen LogP contribution in [-0.2, 0) is 46.3 Å². The normalized spacial score (nSPS) is 13.1. The zero-order chi connectivity index (χ0) is 37.3. The van der Waals surface area contributed by atoms with Crippen molar-refractivity contribution in [2.45, 2.75) is 45.8 Å². The first-order chi connectivity index (χ1) is 24.9. The number of para-hydroxylation sites is 1. The highest BCUT2D eigenvalue weighted by Gasteiger charge is 2.34. The van der Waals surface area contributed by atoms with Gasteiger partial charge in [0.05, 0.1) is 36.3 Å². The Kier molecular flexibility index (Phi) is 10.2. The van der Waals surface area contributed by atoms with Gasteiger partial charge >= 0.3 is 18.2 Å². The van der Waals surface area contributed by atoms with E-state index in [1.165, 1.54) is 19.4 Å². The molecule has 5 aromatic rings. The zero-order valence-electron chi connectivity index (χ0n) is 29.3. The molecule has 1 aliphatic rings. The van der Waals surface area contributed by atoms with Crippen molar-refractivity contribution in [2.75, 3.05) is 46.0 Å². The van der Waals surface area contributed by atoms with Gasteiger partial charge in [-0.05, 0) is 50.2 Å². The van der Waals surface area contributed by atoms with E-state index in [1.54, 1.807) is 34.6 Å². The quantitative estimate of drug-likeness (QED) is 0.0939. The molecule has 0 amide bonds. The first kappa shape index (κ1) is 36.3. The third-order valence-electron chi connectivity index (χ3n) is 8.84. The lowest BCUT2D eigenvalue weighted by Gasteiger charge is -2.27. The molecule has 6 rings (SSSR count). The van der Waals surface area contributed by atoms with Crippen LogP contribution in [0.4, 0.5) is 28.3 Å². The molecule has 0 saturated carbocycles. The van der Waals surface area contributed by atoms with Crippen molar-refractivity contribution in [1.29, 1.82) is 0 Å². The number of alkyl halides is 3. The Morgan fingerprint density at radius 3 is 2.33 bits per heavy atom. The summed E-state index contributed by atoms with van der Waals surface area (Å²) >= 11 is 0. The average Bonchev–Trinajstić information content (AvgIpc) is 3.72. The highest BCUT2D eigenvalue weighted by Crippen LogP contribution is 2.43. The number of nitrogens with zero attached hydrogens (tertiary/aromatic N) is 7. The number of carbonyl (C=O) groups excluding carboxylic acids is 2. The Bertz CT molecular complexity index is 2100. The second-order valence-electron chi connectivity index (χ2n) is 12.4. The summed E-state index contributed by atoms with van der Waals surface area (Å²) in [6, 6.07) is 8.93. The minimum Gasteiger partial charge on any atom is -0.492 e. The minimum atomic E-state index is -4.59. The summed E-state index contributed by atoms with van der Waals surface area (Å²) in [5.74, 6) is -1.48. The summed E-state index contributed by atoms with van der Waals surface area (Å²) in [5, 5.41) is 5.51. The van der Waals surface area contributed by atoms with Gasteiger partial charge in [0.1, 0.15) is 5.52 Å². The number of ether oxygens (including phenoxy) is 3. The SMILES string of the molecule is CCc1cccc(CC)c1-n1nc2c(c1-c1cc(F)c(OC)c3c1ccn3C(=O)OCOC(=O)CN(C)C)CN(c1ncc(C(F)(F)F)cn1)CC2. The van der Waals surface area contributed by atoms with E-state index in [4.69, 9.17) is 19.3 Å². The molecule has 0 saturated heterocycles. The summed E-state index contributed by atoms with van der Waals surface area (Å²) in [7, 11) is 4.65. The first-order valence-corrected chi connectivity index (χ1v) is 16.6. The molecule has 16 heteroatoms. The Morgan fingerprint density at radius 2 is 1.71 bits per heavy atom. The smallest absolute Gasteiger partial charge is 0.421 e. The number of fused-ring (bicyclic) bond motifs is 2. The molecule has 0 fully saturated rings. The standard InChI is InChI=1S/C36H37F4N7O5/c1-6-21-9-8-10-22(7-2)30(21)47-31(26-18-45(13-12-28(26)43-47)34-41-16-23(17-42-34)36(38,39)40)25-15-27(37)33(50-5)32-24(25)11-14-46(32)35(49)52-20-51-29(48)19-44(3)4/h8-11,14-17H,6-7,12-13,18-20H2,1-5H3. The van der Waals surface area contributed by atoms with E-state index in [-0.39, 0.29) is 30.3 Å². The number of rotatable bonds is 10. The number of benzene rings is 2. The molecule has 0 atom stereocenters. The van der Waals surface area contributed by atoms with Crippen molar-refractivity contribution in [3.8, 4) is 22.7 Å². The van der Waals surface area contributed by atoms with Crippen LogP contribution in [0.2, 0.25) is 0 Å². The topological polar surface area (TPSA) is 117 Å². The van der Waals surface area contributed by atoms with Crippen LogP contribution in [0.5, 0.6) is 5.75 Å². The van der Waals surface area contributed by atoms with Gasteiger partial charge in [-0.3, -0.25) is 9.69 Å². The third-order valence-corrected chi connectivity index (χ3v) is 8.84. The van der Waals surface area contributed by atoms with Crippen LogP contribution in [-0.4, -0.2) is 82.4 Å². The molecular formula is C36H37F4N7O5. The summed E-state index contributed by atoms with van der Waals surface area (Å²) in [5.41, 5.74) is 4.25. The number of anilines is 1. The molecule has 0 aliphatic carbocycles. The van der Waals surface area contributed by atoms with Crippen LogP contribution >= 0.6 is 0 Å². The number of aromatic nitrogens is 5. The van der Waals surface area contributed by atoms with Gasteiger partial charge in [0.15, 0.2) is 11.6 Å². The molecule has 0 bridgehead atoms. The number of halogens is 4. The van der Waals surface area contributed by atoms with E-state index in [9.17, 15) is 22.8 Å². The van der Waals surface area contributed by atoms with Gasteiger partial charge in [-0.2, -0.15) is 18.3 Å². The number of esters is 1. The van der Waals surface area contributed by atoms with Gasteiger partial charge < -0.3 is 19.1 Å². The molecule has 52 heavy (non-hydrogen) atoms.